The molecule has 0 fully saturated rings. The van der Waals surface area contributed by atoms with Crippen LogP contribution in [0.2, 0.25) is 0 Å². The summed E-state index contributed by atoms with van der Waals surface area (Å²) in [6.45, 7) is 4.00. The topological polar surface area (TPSA) is 64.2 Å². The molecule has 0 saturated carbocycles. The van der Waals surface area contributed by atoms with E-state index in [0.717, 1.165) is 16.3 Å². The lowest BCUT2D eigenvalue weighted by atomic mass is 9.93. The molecule has 0 aliphatic carbocycles. The van der Waals surface area contributed by atoms with Crippen molar-refractivity contribution in [2.45, 2.75) is 13.8 Å². The third-order valence-corrected chi connectivity index (χ3v) is 5.04. The number of hydrogen-bond donors (Lipinski definition) is 1. The minimum absolute atomic E-state index is 0.257. The third kappa shape index (κ3) is 3.76. The molecule has 1 N–H and O–H groups in total. The summed E-state index contributed by atoms with van der Waals surface area (Å²) in [4.78, 5) is 25.2. The normalized spacial score (nSPS) is 11.3. The van der Waals surface area contributed by atoms with E-state index in [2.05, 4.69) is 11.2 Å². The number of aryl methyl sites for hydroxylation is 1. The van der Waals surface area contributed by atoms with Gasteiger partial charge in [0.05, 0.1) is 11.8 Å². The predicted octanol–water partition coefficient (Wildman–Crippen LogP) is 4.79. The molecule has 4 rings (SSSR count). The number of amides is 1. The summed E-state index contributed by atoms with van der Waals surface area (Å²) in [5.74, 6) is 2.26. The molecule has 5 nitrogen and oxygen atoms in total. The van der Waals surface area contributed by atoms with Gasteiger partial charge in [-0.05, 0) is 24.3 Å². The van der Waals surface area contributed by atoms with Crippen molar-refractivity contribution in [3.8, 4) is 12.3 Å². The molecule has 0 bridgehead atoms. The summed E-state index contributed by atoms with van der Waals surface area (Å²) in [5, 5.41) is 4.22. The van der Waals surface area contributed by atoms with Crippen LogP contribution in [0, 0.1) is 12.3 Å². The zero-order valence-electron chi connectivity index (χ0n) is 18.0. The highest BCUT2D eigenvalue weighted by Gasteiger charge is 2.24. The predicted molar refractivity (Wildman–Crippen MR) is 125 cm³/mol. The van der Waals surface area contributed by atoms with E-state index >= 15 is 0 Å². The number of furan rings is 1. The molecule has 0 saturated heterocycles. The summed E-state index contributed by atoms with van der Waals surface area (Å²) in [7, 11) is 3.42. The maximum Gasteiger partial charge on any atom is 0.252 e. The lowest BCUT2D eigenvalue weighted by molar-refractivity contribution is -0.115. The lowest BCUT2D eigenvalue weighted by Gasteiger charge is -2.10. The zero-order chi connectivity index (χ0) is 22.5. The van der Waals surface area contributed by atoms with E-state index in [9.17, 15) is 9.59 Å². The Bertz CT molecular complexity index is 1350. The molecule has 0 unspecified atom stereocenters. The quantitative estimate of drug-likeness (QED) is 0.298. The molecule has 0 aliphatic rings. The molecule has 0 aliphatic heterocycles. The fourth-order valence-electron chi connectivity index (χ4n) is 3.64. The van der Waals surface area contributed by atoms with Gasteiger partial charge in [0, 0.05) is 58.8 Å². The smallest absolute Gasteiger partial charge is 0.252 e. The molecular formula is C26H24N2O3. The minimum Gasteiger partial charge on any atom is -0.464 e. The van der Waals surface area contributed by atoms with E-state index in [1.165, 1.54) is 13.3 Å². The number of para-hydroxylation sites is 1. The van der Waals surface area contributed by atoms with Crippen molar-refractivity contribution in [3.63, 3.8) is 0 Å². The summed E-state index contributed by atoms with van der Waals surface area (Å²) in [5.41, 5.74) is 3.98. The van der Waals surface area contributed by atoms with E-state index in [0.29, 0.717) is 28.6 Å². The summed E-state index contributed by atoms with van der Waals surface area (Å²) in [6.07, 6.45) is 9.61. The third-order valence-electron chi connectivity index (χ3n) is 5.04. The van der Waals surface area contributed by atoms with Gasteiger partial charge in [0.15, 0.2) is 6.29 Å². The molecule has 2 aromatic carbocycles. The van der Waals surface area contributed by atoms with Crippen LogP contribution in [-0.4, -0.2) is 23.8 Å². The maximum absolute atomic E-state index is 12.9. The van der Waals surface area contributed by atoms with Gasteiger partial charge in [-0.25, -0.2) is 0 Å². The molecule has 0 radical (unpaired) electrons. The van der Waals surface area contributed by atoms with E-state index in [-0.39, 0.29) is 17.1 Å². The Morgan fingerprint density at radius 1 is 1.13 bits per heavy atom. The molecule has 31 heavy (non-hydrogen) atoms. The number of aromatic nitrogens is 1. The minimum atomic E-state index is -0.365. The molecule has 156 valence electrons. The Kier molecular flexibility index (Phi) is 6.42. The Labute approximate surface area is 181 Å². The van der Waals surface area contributed by atoms with Crippen LogP contribution in [0.5, 0.6) is 0 Å². The van der Waals surface area contributed by atoms with Gasteiger partial charge in [0.2, 0.25) is 0 Å². The van der Waals surface area contributed by atoms with Crippen LogP contribution in [0.3, 0.4) is 0 Å². The zero-order valence-corrected chi connectivity index (χ0v) is 18.0. The number of fused-ring (bicyclic) bond motifs is 2. The Morgan fingerprint density at radius 3 is 2.55 bits per heavy atom. The number of carbonyl (C=O) groups is 2. The number of hydrogen-bond acceptors (Lipinski definition) is 3. The first-order chi connectivity index (χ1) is 15.1. The van der Waals surface area contributed by atoms with Crippen LogP contribution in [0.4, 0.5) is 0 Å². The lowest BCUT2D eigenvalue weighted by Crippen LogP contribution is -2.20. The maximum atomic E-state index is 12.9. The van der Waals surface area contributed by atoms with Crippen molar-refractivity contribution in [1.82, 2.24) is 9.88 Å². The average Bonchev–Trinajstić information content (AvgIpc) is 3.39. The van der Waals surface area contributed by atoms with E-state index in [1.54, 1.807) is 0 Å². The summed E-state index contributed by atoms with van der Waals surface area (Å²) >= 11 is 0. The van der Waals surface area contributed by atoms with Crippen molar-refractivity contribution in [2.24, 2.45) is 7.05 Å². The van der Waals surface area contributed by atoms with Gasteiger partial charge < -0.3 is 14.3 Å². The van der Waals surface area contributed by atoms with E-state index in [1.807, 2.05) is 74.1 Å². The molecular weight excluding hydrogens is 388 g/mol. The van der Waals surface area contributed by atoms with Crippen LogP contribution in [0.25, 0.3) is 33.0 Å². The Hall–Kier alpha value is -4.04. The number of terminal acetylenes is 1. The van der Waals surface area contributed by atoms with Crippen LogP contribution in [0.15, 0.2) is 59.3 Å². The second-order valence-corrected chi connectivity index (χ2v) is 6.66. The highest BCUT2D eigenvalue weighted by molar-refractivity contribution is 6.38. The number of aldehydes is 1. The van der Waals surface area contributed by atoms with Crippen molar-refractivity contribution in [2.75, 3.05) is 7.05 Å². The summed E-state index contributed by atoms with van der Waals surface area (Å²) in [6, 6.07) is 13.0. The molecule has 0 atom stereocenters. The Balaban J connectivity index is 0.00000132. The van der Waals surface area contributed by atoms with Gasteiger partial charge >= 0.3 is 0 Å². The number of nitrogens with one attached hydrogen (secondary N) is 1. The second-order valence-electron chi connectivity index (χ2n) is 6.66. The van der Waals surface area contributed by atoms with Crippen molar-refractivity contribution in [3.05, 3.63) is 71.6 Å². The average molecular weight is 412 g/mol. The van der Waals surface area contributed by atoms with Crippen LogP contribution >= 0.6 is 0 Å². The number of likely N-dealkylation sites (N-methyl/N-ethyl adjacent to an activating group) is 1. The Morgan fingerprint density at radius 2 is 1.87 bits per heavy atom. The number of allylic oxidation sites excluding steroid dienone is 1. The highest BCUT2D eigenvalue weighted by atomic mass is 16.3. The van der Waals surface area contributed by atoms with Gasteiger partial charge in [-0.3, -0.25) is 9.59 Å². The first-order valence-electron chi connectivity index (χ1n) is 10.0. The first-order valence-corrected chi connectivity index (χ1v) is 10.0. The highest BCUT2D eigenvalue weighted by Crippen LogP contribution is 2.35. The largest absolute Gasteiger partial charge is 0.464 e. The fraction of sp³-hybridized carbons (Fsp3) is 0.154. The van der Waals surface area contributed by atoms with Gasteiger partial charge in [-0.15, -0.1) is 6.42 Å². The molecule has 2 aromatic heterocycles. The number of rotatable bonds is 4. The SMILES string of the molecule is C#Cc1ccc2c(c1)c(/C(C(=O)NC)=C(/C=O)c1coc3ccccc13)cn2C.CC. The molecule has 2 heterocycles. The number of carbonyl (C=O) groups excluding carboxylic acids is 2. The van der Waals surface area contributed by atoms with Crippen LogP contribution in [-0.2, 0) is 16.6 Å². The van der Waals surface area contributed by atoms with Crippen molar-refractivity contribution in [1.29, 1.82) is 0 Å². The van der Waals surface area contributed by atoms with E-state index < -0.39 is 0 Å². The van der Waals surface area contributed by atoms with Crippen molar-refractivity contribution >= 4 is 45.2 Å². The van der Waals surface area contributed by atoms with Crippen LogP contribution in [0.1, 0.15) is 30.5 Å². The molecule has 4 aromatic rings. The molecule has 0 spiro atoms. The number of benzene rings is 2. The van der Waals surface area contributed by atoms with E-state index in [4.69, 9.17) is 10.8 Å². The monoisotopic (exact) mass is 412 g/mol. The van der Waals surface area contributed by atoms with Gasteiger partial charge in [0.25, 0.3) is 5.91 Å². The van der Waals surface area contributed by atoms with Crippen molar-refractivity contribution < 1.29 is 14.0 Å². The first kappa shape index (κ1) is 21.7. The van der Waals surface area contributed by atoms with Gasteiger partial charge in [-0.2, -0.15) is 0 Å². The molecule has 1 amide bonds. The second kappa shape index (κ2) is 9.19. The summed E-state index contributed by atoms with van der Waals surface area (Å²) < 4.78 is 7.51. The number of nitrogens with zero attached hydrogens (tertiary/aromatic N) is 1. The van der Waals surface area contributed by atoms with Crippen LogP contribution < -0.4 is 5.32 Å². The van der Waals surface area contributed by atoms with Gasteiger partial charge in [-0.1, -0.05) is 38.0 Å². The standard InChI is InChI=1S/C24H18N2O3.C2H6/c1-4-15-9-10-21-17(11-15)18(12-26(21)3)23(24(28)25-2)19(13-27)20-14-29-22-8-6-5-7-16(20)22;1-2/h1,5-14H,2-3H3,(H,25,28);1-2H3/b23-19+;. The fourth-order valence-corrected chi connectivity index (χ4v) is 3.64. The molecule has 5 heteroatoms. The van der Waals surface area contributed by atoms with Gasteiger partial charge in [0.1, 0.15) is 5.58 Å².